The quantitative estimate of drug-likeness (QED) is 0.200. The highest BCUT2D eigenvalue weighted by atomic mass is 16.6. The number of carbonyl (C=O) groups is 5. The van der Waals surface area contributed by atoms with Crippen LogP contribution in [0.1, 0.15) is 54.3 Å². The summed E-state index contributed by atoms with van der Waals surface area (Å²) in [6.45, 7) is 3.29. The molecular formula is C42H42N4O9. The number of aliphatic hydroxyl groups is 1. The third-order valence-electron chi connectivity index (χ3n) is 10.8. The number of nitrogens with one attached hydrogen (secondary N) is 1. The number of hydrogen-bond acceptors (Lipinski definition) is 10. The molecule has 7 atom stereocenters. The van der Waals surface area contributed by atoms with Crippen LogP contribution in [0, 0.1) is 11.8 Å². The van der Waals surface area contributed by atoms with Gasteiger partial charge in [0.2, 0.25) is 11.8 Å². The maximum atomic E-state index is 15.7. The highest BCUT2D eigenvalue weighted by Gasteiger charge is 2.75. The average Bonchev–Trinajstić information content (AvgIpc) is 3.66. The maximum absolute atomic E-state index is 15.7. The number of benzene rings is 4. The van der Waals surface area contributed by atoms with Gasteiger partial charge in [0, 0.05) is 0 Å². The fraction of sp³-hybridized carbons (Fsp3) is 0.310. The van der Waals surface area contributed by atoms with Crippen LogP contribution in [0.3, 0.4) is 0 Å². The van der Waals surface area contributed by atoms with Crippen LogP contribution in [0.15, 0.2) is 109 Å². The first-order valence-corrected chi connectivity index (χ1v) is 18.1. The van der Waals surface area contributed by atoms with Gasteiger partial charge in [-0.15, -0.1) is 0 Å². The number of imide groups is 1. The number of methoxy groups -OCH3 is 1. The molecule has 0 aromatic heterocycles. The number of hydrogen-bond donors (Lipinski definition) is 3. The molecule has 1 spiro atoms. The molecule has 13 nitrogen and oxygen atoms in total. The number of rotatable bonds is 10. The summed E-state index contributed by atoms with van der Waals surface area (Å²) < 4.78 is 16.9. The van der Waals surface area contributed by atoms with Crippen LogP contribution in [0.5, 0.6) is 5.75 Å². The highest BCUT2D eigenvalue weighted by molar-refractivity contribution is 6.25. The van der Waals surface area contributed by atoms with Crippen molar-refractivity contribution in [3.05, 3.63) is 131 Å². The molecule has 284 valence electrons. The first kappa shape index (κ1) is 37.3. The number of aliphatic hydroxyl groups excluding tert-OH is 1. The van der Waals surface area contributed by atoms with E-state index in [-0.39, 0.29) is 18.9 Å². The van der Waals surface area contributed by atoms with E-state index >= 15 is 4.79 Å². The van der Waals surface area contributed by atoms with Crippen molar-refractivity contribution in [2.24, 2.45) is 17.6 Å². The molecule has 4 aromatic rings. The predicted octanol–water partition coefficient (Wildman–Crippen LogP) is 4.12. The molecule has 3 aliphatic rings. The maximum Gasteiger partial charge on any atom is 0.329 e. The molecule has 3 aliphatic heterocycles. The van der Waals surface area contributed by atoms with Crippen LogP contribution < -0.4 is 20.7 Å². The number of urea groups is 1. The van der Waals surface area contributed by atoms with Crippen molar-refractivity contribution in [2.75, 3.05) is 25.2 Å². The molecule has 2 saturated heterocycles. The van der Waals surface area contributed by atoms with Crippen molar-refractivity contribution in [3.8, 4) is 5.75 Å². The average molecular weight is 747 g/mol. The van der Waals surface area contributed by atoms with Crippen LogP contribution in [0.25, 0.3) is 0 Å². The van der Waals surface area contributed by atoms with E-state index in [0.717, 1.165) is 10.5 Å². The molecule has 2 fully saturated rings. The lowest BCUT2D eigenvalue weighted by molar-refractivity contribution is -0.178. The van der Waals surface area contributed by atoms with Gasteiger partial charge in [-0.1, -0.05) is 105 Å². The van der Waals surface area contributed by atoms with Gasteiger partial charge in [-0.3, -0.25) is 19.3 Å². The van der Waals surface area contributed by atoms with E-state index in [0.29, 0.717) is 22.4 Å². The number of amides is 4. The molecule has 0 saturated carbocycles. The number of primary amides is 1. The Labute approximate surface area is 318 Å². The number of morpholine rings is 1. The second kappa shape index (κ2) is 15.0. The SMILES string of the molecule is COC(=O)[C@@H](NC(=O)N1C(=O)[C@@]2(c3ccccc31)[C@H](c1ccc(OCCO)cc1)N1[C@H](c3ccccc3)[C@H](c3ccccc3)OC(=O)[C@H]1[C@@H]2C(N)=O)C(C)C. The molecule has 4 aromatic carbocycles. The zero-order valence-electron chi connectivity index (χ0n) is 30.5. The molecule has 55 heavy (non-hydrogen) atoms. The first-order chi connectivity index (χ1) is 26.6. The van der Waals surface area contributed by atoms with Crippen LogP contribution in [-0.4, -0.2) is 72.2 Å². The molecule has 3 heterocycles. The normalized spacial score (nSPS) is 24.9. The Morgan fingerprint density at radius 3 is 2.07 bits per heavy atom. The van der Waals surface area contributed by atoms with Crippen molar-refractivity contribution in [3.63, 3.8) is 0 Å². The lowest BCUT2D eigenvalue weighted by atomic mass is 9.65. The van der Waals surface area contributed by atoms with Gasteiger partial charge in [-0.25, -0.2) is 14.5 Å². The fourth-order valence-corrected chi connectivity index (χ4v) is 8.63. The van der Waals surface area contributed by atoms with Crippen molar-refractivity contribution >= 4 is 35.5 Å². The summed E-state index contributed by atoms with van der Waals surface area (Å²) in [5.74, 6) is -4.71. The molecule has 7 rings (SSSR count). The number of nitrogens with two attached hydrogens (primary N) is 1. The van der Waals surface area contributed by atoms with Crippen molar-refractivity contribution in [1.82, 2.24) is 10.2 Å². The standard InChI is InChI=1S/C42H42N4O9/c1-24(2)32(38(49)53-3)44-41(52)45-30-17-11-10-16-29(30)42(40(45)51)31(37(43)48)34-39(50)55-35(26-14-8-5-9-15-26)33(25-12-6-4-7-13-25)46(34)36(42)27-18-20-28(21-19-27)54-23-22-47/h4-21,24,31-36,47H,22-23H2,1-3H3,(H2,43,48)(H,44,52)/t31-,32+,33-,34-,35+,36+,42-/m1/s1. The van der Waals surface area contributed by atoms with Gasteiger partial charge in [0.1, 0.15) is 36.0 Å². The van der Waals surface area contributed by atoms with Crippen molar-refractivity contribution < 1.29 is 43.3 Å². The Morgan fingerprint density at radius 1 is 0.855 bits per heavy atom. The number of ether oxygens (including phenoxy) is 3. The number of para-hydroxylation sites is 1. The van der Waals surface area contributed by atoms with Gasteiger partial charge < -0.3 is 30.4 Å². The Balaban J connectivity index is 1.50. The summed E-state index contributed by atoms with van der Waals surface area (Å²) in [4.78, 5) is 74.4. The van der Waals surface area contributed by atoms with Crippen LogP contribution in [0.2, 0.25) is 0 Å². The highest BCUT2D eigenvalue weighted by Crippen LogP contribution is 2.65. The van der Waals surface area contributed by atoms with Gasteiger partial charge in [0.05, 0.1) is 37.4 Å². The molecule has 13 heteroatoms. The second-order valence-corrected chi connectivity index (χ2v) is 14.2. The van der Waals surface area contributed by atoms with Crippen LogP contribution in [0.4, 0.5) is 10.5 Å². The molecule has 0 radical (unpaired) electrons. The summed E-state index contributed by atoms with van der Waals surface area (Å²) in [6.07, 6.45) is -0.885. The van der Waals surface area contributed by atoms with Gasteiger partial charge in [0.25, 0.3) is 0 Å². The third kappa shape index (κ3) is 6.09. The summed E-state index contributed by atoms with van der Waals surface area (Å²) in [7, 11) is 1.21. The van der Waals surface area contributed by atoms with Crippen LogP contribution >= 0.6 is 0 Å². The number of nitrogens with zero attached hydrogens (tertiary/aromatic N) is 2. The summed E-state index contributed by atoms with van der Waals surface area (Å²) >= 11 is 0. The van der Waals surface area contributed by atoms with Crippen molar-refractivity contribution in [2.45, 2.75) is 49.5 Å². The van der Waals surface area contributed by atoms with E-state index in [2.05, 4.69) is 5.32 Å². The van der Waals surface area contributed by atoms with E-state index < -0.39 is 77.3 Å². The number of fused-ring (bicyclic) bond motifs is 3. The Hall–Kier alpha value is -6.05. The van der Waals surface area contributed by atoms with Gasteiger partial charge in [-0.2, -0.15) is 0 Å². The predicted molar refractivity (Wildman–Crippen MR) is 199 cm³/mol. The van der Waals surface area contributed by atoms with E-state index in [1.807, 2.05) is 65.6 Å². The molecule has 4 amide bonds. The van der Waals surface area contributed by atoms with Crippen LogP contribution in [-0.2, 0) is 34.1 Å². The van der Waals surface area contributed by atoms with Gasteiger partial charge >= 0.3 is 18.0 Å². The molecule has 0 aliphatic carbocycles. The van der Waals surface area contributed by atoms with Gasteiger partial charge in [-0.05, 0) is 46.4 Å². The van der Waals surface area contributed by atoms with E-state index in [9.17, 15) is 24.3 Å². The monoisotopic (exact) mass is 746 g/mol. The number of cyclic esters (lactones) is 1. The summed E-state index contributed by atoms with van der Waals surface area (Å²) in [5, 5.41) is 12.1. The van der Waals surface area contributed by atoms with E-state index in [4.69, 9.17) is 19.9 Å². The smallest absolute Gasteiger partial charge is 0.329 e. The first-order valence-electron chi connectivity index (χ1n) is 18.1. The van der Waals surface area contributed by atoms with E-state index in [1.54, 1.807) is 62.4 Å². The summed E-state index contributed by atoms with van der Waals surface area (Å²) in [6, 6.07) is 26.8. The molecule has 0 bridgehead atoms. The topological polar surface area (TPSA) is 178 Å². The minimum absolute atomic E-state index is 0.0459. The van der Waals surface area contributed by atoms with Crippen molar-refractivity contribution in [1.29, 1.82) is 0 Å². The number of anilines is 1. The van der Waals surface area contributed by atoms with E-state index in [1.165, 1.54) is 7.11 Å². The lowest BCUT2D eigenvalue weighted by Crippen LogP contribution is -2.57. The largest absolute Gasteiger partial charge is 0.491 e. The zero-order valence-corrected chi connectivity index (χ0v) is 30.5. The summed E-state index contributed by atoms with van der Waals surface area (Å²) in [5.41, 5.74) is 6.80. The third-order valence-corrected chi connectivity index (χ3v) is 10.8. The number of carbonyl (C=O) groups excluding carboxylic acids is 5. The fourth-order valence-electron chi connectivity index (χ4n) is 8.63. The minimum Gasteiger partial charge on any atom is -0.491 e. The second-order valence-electron chi connectivity index (χ2n) is 14.2. The molecule has 4 N–H and O–H groups in total. The minimum atomic E-state index is -1.96. The molecular weight excluding hydrogens is 704 g/mol. The van der Waals surface area contributed by atoms with Gasteiger partial charge in [0.15, 0.2) is 0 Å². The lowest BCUT2D eigenvalue weighted by Gasteiger charge is -2.46. The Bertz CT molecular complexity index is 2090. The molecule has 0 unspecified atom stereocenters. The zero-order chi connectivity index (χ0) is 39.0. The Kier molecular flexibility index (Phi) is 10.2. The Morgan fingerprint density at radius 2 is 1.47 bits per heavy atom. The number of esters is 2.